The van der Waals surface area contributed by atoms with Crippen LogP contribution in [0.5, 0.6) is 0 Å². The molecule has 0 bridgehead atoms. The molecule has 0 atom stereocenters. The first kappa shape index (κ1) is 5.60. The Hall–Kier alpha value is -0.530. The van der Waals surface area contributed by atoms with Crippen LogP contribution in [0, 0.1) is 17.2 Å². The van der Waals surface area contributed by atoms with Crippen molar-refractivity contribution >= 4 is 5.84 Å². The quantitative estimate of drug-likeness (QED) is 0.385. The van der Waals surface area contributed by atoms with Gasteiger partial charge in [0.25, 0.3) is 0 Å². The van der Waals surface area contributed by atoms with Crippen LogP contribution in [-0.2, 0) is 0 Å². The van der Waals surface area contributed by atoms with Gasteiger partial charge in [0.05, 0.1) is 5.84 Å². The van der Waals surface area contributed by atoms with Gasteiger partial charge in [0, 0.05) is 5.92 Å². The van der Waals surface area contributed by atoms with Gasteiger partial charge in [-0.05, 0) is 18.8 Å². The van der Waals surface area contributed by atoms with E-state index in [1.807, 2.05) is 0 Å². The smallest absolute Gasteiger partial charge is 0.0937 e. The van der Waals surface area contributed by atoms with E-state index in [0.717, 1.165) is 18.8 Å². The Bertz CT molecular complexity index is 103. The van der Waals surface area contributed by atoms with Gasteiger partial charge in [-0.1, -0.05) is 6.92 Å². The molecule has 1 aliphatic carbocycles. The van der Waals surface area contributed by atoms with E-state index in [4.69, 9.17) is 11.1 Å². The Morgan fingerprint density at radius 1 is 1.62 bits per heavy atom. The molecule has 0 amide bonds. The van der Waals surface area contributed by atoms with Crippen LogP contribution in [0.4, 0.5) is 0 Å². The van der Waals surface area contributed by atoms with Gasteiger partial charge in [0.2, 0.25) is 0 Å². The zero-order valence-corrected chi connectivity index (χ0v) is 5.15. The molecule has 0 unspecified atom stereocenters. The summed E-state index contributed by atoms with van der Waals surface area (Å²) in [5, 5.41) is 7.02. The molecule has 0 saturated heterocycles. The zero-order valence-electron chi connectivity index (χ0n) is 5.15. The van der Waals surface area contributed by atoms with E-state index in [1.54, 1.807) is 0 Å². The Labute approximate surface area is 49.6 Å². The van der Waals surface area contributed by atoms with Crippen molar-refractivity contribution < 1.29 is 0 Å². The summed E-state index contributed by atoms with van der Waals surface area (Å²) in [5.41, 5.74) is 5.24. The minimum atomic E-state index is 0.378. The summed E-state index contributed by atoms with van der Waals surface area (Å²) in [7, 11) is 0. The minimum absolute atomic E-state index is 0.378. The molecule has 1 rings (SSSR count). The van der Waals surface area contributed by atoms with Crippen LogP contribution >= 0.6 is 0 Å². The summed E-state index contributed by atoms with van der Waals surface area (Å²) >= 11 is 0. The number of rotatable bonds is 1. The lowest BCUT2D eigenvalue weighted by Crippen LogP contribution is -2.33. The molecule has 0 aromatic rings. The molecule has 1 aliphatic rings. The van der Waals surface area contributed by atoms with Gasteiger partial charge in [-0.3, -0.25) is 5.41 Å². The van der Waals surface area contributed by atoms with Gasteiger partial charge < -0.3 is 5.73 Å². The third-order valence-corrected chi connectivity index (χ3v) is 1.81. The van der Waals surface area contributed by atoms with E-state index < -0.39 is 0 Å². The first-order valence-corrected chi connectivity index (χ1v) is 3.04. The fourth-order valence-corrected chi connectivity index (χ4v) is 1.16. The summed E-state index contributed by atoms with van der Waals surface area (Å²) < 4.78 is 0. The number of hydrogen-bond acceptors (Lipinski definition) is 1. The highest BCUT2D eigenvalue weighted by atomic mass is 14.7. The molecule has 3 N–H and O–H groups in total. The van der Waals surface area contributed by atoms with Crippen molar-refractivity contribution in [1.82, 2.24) is 0 Å². The lowest BCUT2D eigenvalue weighted by Gasteiger charge is -2.31. The van der Waals surface area contributed by atoms with Gasteiger partial charge in [-0.25, -0.2) is 0 Å². The molecule has 2 heteroatoms. The molecule has 0 spiro atoms. The van der Waals surface area contributed by atoms with E-state index in [2.05, 4.69) is 6.92 Å². The summed E-state index contributed by atoms with van der Waals surface area (Å²) in [5.74, 6) is 1.61. The highest BCUT2D eigenvalue weighted by Gasteiger charge is 2.27. The van der Waals surface area contributed by atoms with Gasteiger partial charge in [-0.15, -0.1) is 0 Å². The second-order valence-corrected chi connectivity index (χ2v) is 2.73. The monoisotopic (exact) mass is 112 g/mol. The van der Waals surface area contributed by atoms with Crippen LogP contribution in [0.1, 0.15) is 19.8 Å². The van der Waals surface area contributed by atoms with Gasteiger partial charge >= 0.3 is 0 Å². The van der Waals surface area contributed by atoms with Crippen molar-refractivity contribution in [3.63, 3.8) is 0 Å². The molecular formula is C6H12N2. The summed E-state index contributed by atoms with van der Waals surface area (Å²) in [4.78, 5) is 0. The average molecular weight is 112 g/mol. The van der Waals surface area contributed by atoms with Crippen LogP contribution in [0.15, 0.2) is 0 Å². The normalized spacial score (nSPS) is 36.1. The molecule has 46 valence electrons. The van der Waals surface area contributed by atoms with E-state index in [9.17, 15) is 0 Å². The topological polar surface area (TPSA) is 49.9 Å². The van der Waals surface area contributed by atoms with Crippen molar-refractivity contribution in [1.29, 1.82) is 5.41 Å². The molecular weight excluding hydrogens is 100 g/mol. The third kappa shape index (κ3) is 0.831. The molecule has 1 fully saturated rings. The molecule has 8 heavy (non-hydrogen) atoms. The number of amidine groups is 1. The fraction of sp³-hybridized carbons (Fsp3) is 0.833. The molecule has 0 radical (unpaired) electrons. The Kier molecular flexibility index (Phi) is 1.24. The molecule has 0 aromatic heterocycles. The summed E-state index contributed by atoms with van der Waals surface area (Å²) in [6.45, 7) is 2.19. The zero-order chi connectivity index (χ0) is 6.15. The van der Waals surface area contributed by atoms with Gasteiger partial charge in [0.1, 0.15) is 0 Å². The second kappa shape index (κ2) is 1.77. The van der Waals surface area contributed by atoms with E-state index in [-0.39, 0.29) is 0 Å². The van der Waals surface area contributed by atoms with Gasteiger partial charge in [0.15, 0.2) is 0 Å². The molecule has 0 aromatic carbocycles. The first-order valence-electron chi connectivity index (χ1n) is 3.04. The maximum absolute atomic E-state index is 7.02. The van der Waals surface area contributed by atoms with Gasteiger partial charge in [-0.2, -0.15) is 0 Å². The van der Waals surface area contributed by atoms with Crippen molar-refractivity contribution in [2.24, 2.45) is 17.6 Å². The predicted octanol–water partition coefficient (Wildman–Crippen LogP) is 0.968. The van der Waals surface area contributed by atoms with Crippen molar-refractivity contribution in [3.05, 3.63) is 0 Å². The average Bonchev–Trinajstić information content (AvgIpc) is 1.57. The fourth-order valence-electron chi connectivity index (χ4n) is 1.16. The van der Waals surface area contributed by atoms with Crippen molar-refractivity contribution in [2.75, 3.05) is 0 Å². The molecule has 2 nitrogen and oxygen atoms in total. The maximum Gasteiger partial charge on any atom is 0.0937 e. The largest absolute Gasteiger partial charge is 0.387 e. The molecule has 0 heterocycles. The van der Waals surface area contributed by atoms with E-state index in [1.165, 1.54) is 0 Å². The van der Waals surface area contributed by atoms with E-state index in [0.29, 0.717) is 11.8 Å². The first-order chi connectivity index (χ1) is 3.70. The van der Waals surface area contributed by atoms with E-state index >= 15 is 0 Å². The predicted molar refractivity (Wildman–Crippen MR) is 33.8 cm³/mol. The number of nitrogens with two attached hydrogens (primary N) is 1. The summed E-state index contributed by atoms with van der Waals surface area (Å²) in [6, 6.07) is 0. The lowest BCUT2D eigenvalue weighted by molar-refractivity contribution is 0.279. The Morgan fingerprint density at radius 2 is 2.12 bits per heavy atom. The highest BCUT2D eigenvalue weighted by molar-refractivity contribution is 5.80. The SMILES string of the molecule is CC1CC(C(=N)N)C1. The van der Waals surface area contributed by atoms with Crippen LogP contribution < -0.4 is 5.73 Å². The van der Waals surface area contributed by atoms with Crippen molar-refractivity contribution in [3.8, 4) is 0 Å². The third-order valence-electron chi connectivity index (χ3n) is 1.81. The lowest BCUT2D eigenvalue weighted by atomic mass is 9.76. The number of hydrogen-bond donors (Lipinski definition) is 2. The number of nitrogens with one attached hydrogen (secondary N) is 1. The van der Waals surface area contributed by atoms with Crippen molar-refractivity contribution in [2.45, 2.75) is 19.8 Å². The maximum atomic E-state index is 7.02. The minimum Gasteiger partial charge on any atom is -0.387 e. The van der Waals surface area contributed by atoms with Crippen LogP contribution in [-0.4, -0.2) is 5.84 Å². The summed E-state index contributed by atoms with van der Waals surface area (Å²) in [6.07, 6.45) is 2.27. The van der Waals surface area contributed by atoms with Crippen LogP contribution in [0.2, 0.25) is 0 Å². The standard InChI is InChI=1S/C6H12N2/c1-4-2-5(3-4)6(7)8/h4-5H,2-3H2,1H3,(H3,7,8). The van der Waals surface area contributed by atoms with Crippen LogP contribution in [0.25, 0.3) is 0 Å². The highest BCUT2D eigenvalue weighted by Crippen LogP contribution is 2.32. The Morgan fingerprint density at radius 3 is 2.25 bits per heavy atom. The second-order valence-electron chi connectivity index (χ2n) is 2.73. The van der Waals surface area contributed by atoms with Crippen LogP contribution in [0.3, 0.4) is 0 Å². The molecule has 1 saturated carbocycles. The molecule has 0 aliphatic heterocycles. The Balaban J connectivity index is 2.25.